The predicted molar refractivity (Wildman–Crippen MR) is 103 cm³/mol. The van der Waals surface area contributed by atoms with Gasteiger partial charge in [-0.05, 0) is 40.5 Å². The van der Waals surface area contributed by atoms with E-state index in [9.17, 15) is 24.3 Å². The summed E-state index contributed by atoms with van der Waals surface area (Å²) in [4.78, 5) is 48.4. The minimum Gasteiger partial charge on any atom is -0.480 e. The van der Waals surface area contributed by atoms with Crippen molar-refractivity contribution < 1.29 is 29.0 Å². The third-order valence-electron chi connectivity index (χ3n) is 4.35. The molecule has 1 heterocycles. The minimum atomic E-state index is -1.11. The molecule has 3 amide bonds. The van der Waals surface area contributed by atoms with Crippen molar-refractivity contribution in [3.05, 3.63) is 0 Å². The zero-order valence-corrected chi connectivity index (χ0v) is 17.2. The molecular weight excluding hydrogens is 366 g/mol. The Bertz CT molecular complexity index is 573. The number of rotatable bonds is 3. The Morgan fingerprint density at radius 3 is 2.29 bits per heavy atom. The summed E-state index contributed by atoms with van der Waals surface area (Å²) in [5, 5.41) is 17.0. The lowest BCUT2D eigenvalue weighted by molar-refractivity contribution is -0.142. The molecule has 28 heavy (non-hydrogen) atoms. The van der Waals surface area contributed by atoms with Crippen molar-refractivity contribution in [2.75, 3.05) is 6.61 Å². The average Bonchev–Trinajstić information content (AvgIpc) is 2.58. The second-order valence-electron chi connectivity index (χ2n) is 8.13. The van der Waals surface area contributed by atoms with E-state index in [0.717, 1.165) is 12.8 Å². The lowest BCUT2D eigenvalue weighted by Crippen LogP contribution is -2.56. The molecule has 0 radical (unpaired) electrons. The highest BCUT2D eigenvalue weighted by Gasteiger charge is 2.28. The van der Waals surface area contributed by atoms with Gasteiger partial charge in [0.05, 0.1) is 12.2 Å². The highest BCUT2D eigenvalue weighted by Crippen LogP contribution is 2.10. The Balaban J connectivity index is 2.90. The van der Waals surface area contributed by atoms with Crippen molar-refractivity contribution in [2.24, 2.45) is 0 Å². The molecule has 160 valence electrons. The summed E-state index contributed by atoms with van der Waals surface area (Å²) < 4.78 is 5.63. The van der Waals surface area contributed by atoms with E-state index in [4.69, 9.17) is 4.74 Å². The van der Waals surface area contributed by atoms with E-state index < -0.39 is 41.5 Å². The van der Waals surface area contributed by atoms with E-state index >= 15 is 0 Å². The number of nitrogens with one attached hydrogen (secondary N) is 3. The van der Waals surface area contributed by atoms with Gasteiger partial charge in [-0.25, -0.2) is 4.79 Å². The van der Waals surface area contributed by atoms with Crippen molar-refractivity contribution in [3.8, 4) is 0 Å². The van der Waals surface area contributed by atoms with Gasteiger partial charge in [-0.1, -0.05) is 19.3 Å². The van der Waals surface area contributed by atoms with Crippen LogP contribution in [0.25, 0.3) is 0 Å². The van der Waals surface area contributed by atoms with Gasteiger partial charge in [0, 0.05) is 6.42 Å². The van der Waals surface area contributed by atoms with Crippen molar-refractivity contribution in [3.63, 3.8) is 0 Å². The number of ether oxygens (including phenoxy) is 1. The standard InChI is InChI=1S/C19H33N3O6/c1-12-16(24)22-13(18(26)27)9-7-5-6-8-10-15(23)21-14(17(25)20-12)11-28-19(2,3)4/h12-14H,5-11H2,1-4H3,(H,20,25)(H,21,23)(H,22,24)(H,26,27)/t12-,13?,14?/m0/s1. The molecule has 3 atom stereocenters. The third-order valence-corrected chi connectivity index (χ3v) is 4.35. The smallest absolute Gasteiger partial charge is 0.326 e. The van der Waals surface area contributed by atoms with Crippen LogP contribution in [0.3, 0.4) is 0 Å². The van der Waals surface area contributed by atoms with Crippen molar-refractivity contribution in [2.45, 2.75) is 89.9 Å². The molecule has 4 N–H and O–H groups in total. The number of carboxylic acid groups (broad SMARTS) is 1. The highest BCUT2D eigenvalue weighted by molar-refractivity contribution is 5.93. The maximum Gasteiger partial charge on any atom is 0.326 e. The quantitative estimate of drug-likeness (QED) is 0.552. The molecule has 0 aromatic rings. The minimum absolute atomic E-state index is 0.0346. The topological polar surface area (TPSA) is 134 Å². The largest absolute Gasteiger partial charge is 0.480 e. The van der Waals surface area contributed by atoms with Crippen LogP contribution < -0.4 is 16.0 Å². The van der Waals surface area contributed by atoms with Crippen molar-refractivity contribution in [1.29, 1.82) is 0 Å². The van der Waals surface area contributed by atoms with Gasteiger partial charge >= 0.3 is 5.97 Å². The zero-order chi connectivity index (χ0) is 21.3. The lowest BCUT2D eigenvalue weighted by Gasteiger charge is -2.26. The molecule has 0 saturated carbocycles. The lowest BCUT2D eigenvalue weighted by atomic mass is 10.1. The second kappa shape index (κ2) is 11.0. The fourth-order valence-electron chi connectivity index (χ4n) is 2.70. The number of amides is 3. The average molecular weight is 399 g/mol. The van der Waals surface area contributed by atoms with Crippen LogP contribution in [0.4, 0.5) is 0 Å². The first-order valence-electron chi connectivity index (χ1n) is 9.76. The van der Waals surface area contributed by atoms with Crippen molar-refractivity contribution >= 4 is 23.7 Å². The Labute approximate surface area is 166 Å². The molecule has 0 aliphatic carbocycles. The monoisotopic (exact) mass is 399 g/mol. The summed E-state index contributed by atoms with van der Waals surface area (Å²) in [5.74, 6) is -2.50. The Morgan fingerprint density at radius 1 is 1.04 bits per heavy atom. The molecule has 1 aliphatic rings. The molecule has 0 aromatic carbocycles. The van der Waals surface area contributed by atoms with Crippen LogP contribution in [-0.2, 0) is 23.9 Å². The molecule has 9 heteroatoms. The molecule has 0 aromatic heterocycles. The fraction of sp³-hybridized carbons (Fsp3) is 0.789. The van der Waals surface area contributed by atoms with Gasteiger partial charge in [-0.2, -0.15) is 0 Å². The van der Waals surface area contributed by atoms with Crippen LogP contribution in [-0.4, -0.2) is 59.1 Å². The Kier molecular flexibility index (Phi) is 9.37. The highest BCUT2D eigenvalue weighted by atomic mass is 16.5. The number of carbonyl (C=O) groups excluding carboxylic acids is 3. The van der Waals surface area contributed by atoms with E-state index in [1.54, 1.807) is 0 Å². The summed E-state index contributed by atoms with van der Waals surface area (Å²) in [6.45, 7) is 6.94. The van der Waals surface area contributed by atoms with E-state index in [-0.39, 0.29) is 18.9 Å². The van der Waals surface area contributed by atoms with Crippen LogP contribution >= 0.6 is 0 Å². The van der Waals surface area contributed by atoms with Gasteiger partial charge in [0.2, 0.25) is 17.7 Å². The number of aliphatic carboxylic acids is 1. The summed E-state index contributed by atoms with van der Waals surface area (Å²) in [6.07, 6.45) is 3.36. The van der Waals surface area contributed by atoms with Gasteiger partial charge < -0.3 is 25.8 Å². The fourth-order valence-corrected chi connectivity index (χ4v) is 2.70. The number of carboxylic acids is 1. The first-order chi connectivity index (χ1) is 13.0. The van der Waals surface area contributed by atoms with Crippen LogP contribution in [0.1, 0.15) is 66.2 Å². The number of hydrogen-bond donors (Lipinski definition) is 4. The van der Waals surface area contributed by atoms with Gasteiger partial charge in [-0.3, -0.25) is 14.4 Å². The number of carbonyl (C=O) groups is 4. The molecule has 1 rings (SSSR count). The molecule has 2 unspecified atom stereocenters. The molecule has 0 bridgehead atoms. The van der Waals surface area contributed by atoms with Gasteiger partial charge in [0.25, 0.3) is 0 Å². The maximum absolute atomic E-state index is 12.6. The SMILES string of the molecule is C[C@@H]1NC(=O)C(COC(C)(C)C)NC(=O)CCCCCCC(C(=O)O)NC1=O. The van der Waals surface area contributed by atoms with E-state index in [2.05, 4.69) is 16.0 Å². The molecule has 1 fully saturated rings. The summed E-state index contributed by atoms with van der Waals surface area (Å²) >= 11 is 0. The molecular formula is C19H33N3O6. The van der Waals surface area contributed by atoms with E-state index in [0.29, 0.717) is 19.3 Å². The zero-order valence-electron chi connectivity index (χ0n) is 17.2. The van der Waals surface area contributed by atoms with Crippen LogP contribution in [0, 0.1) is 0 Å². The normalized spacial score (nSPS) is 26.3. The van der Waals surface area contributed by atoms with Gasteiger partial charge in [0.1, 0.15) is 18.1 Å². The van der Waals surface area contributed by atoms with Crippen LogP contribution in [0.2, 0.25) is 0 Å². The van der Waals surface area contributed by atoms with E-state index in [1.165, 1.54) is 6.92 Å². The van der Waals surface area contributed by atoms with Crippen LogP contribution in [0.15, 0.2) is 0 Å². The summed E-state index contributed by atoms with van der Waals surface area (Å²) in [7, 11) is 0. The summed E-state index contributed by atoms with van der Waals surface area (Å²) in [6, 6.07) is -2.90. The molecule has 9 nitrogen and oxygen atoms in total. The van der Waals surface area contributed by atoms with Gasteiger partial charge in [-0.15, -0.1) is 0 Å². The number of hydrogen-bond acceptors (Lipinski definition) is 5. The van der Waals surface area contributed by atoms with Crippen molar-refractivity contribution in [1.82, 2.24) is 16.0 Å². The Morgan fingerprint density at radius 2 is 1.68 bits per heavy atom. The maximum atomic E-state index is 12.6. The van der Waals surface area contributed by atoms with E-state index in [1.807, 2.05) is 20.8 Å². The van der Waals surface area contributed by atoms with Crippen LogP contribution in [0.5, 0.6) is 0 Å². The molecule has 1 aliphatic heterocycles. The third kappa shape index (κ3) is 9.16. The Hall–Kier alpha value is -2.16. The van der Waals surface area contributed by atoms with Gasteiger partial charge in [0.15, 0.2) is 0 Å². The first-order valence-corrected chi connectivity index (χ1v) is 9.76. The second-order valence-corrected chi connectivity index (χ2v) is 8.13. The predicted octanol–water partition coefficient (Wildman–Crippen LogP) is 0.715. The summed E-state index contributed by atoms with van der Waals surface area (Å²) in [5.41, 5.74) is -0.500. The molecule has 1 saturated heterocycles. The first kappa shape index (κ1) is 23.9. The molecule has 0 spiro atoms.